The lowest BCUT2D eigenvalue weighted by molar-refractivity contribution is -0.140. The van der Waals surface area contributed by atoms with Crippen molar-refractivity contribution in [3.63, 3.8) is 0 Å². The molecule has 1 atom stereocenters. The predicted octanol–water partition coefficient (Wildman–Crippen LogP) is 5.63. The highest BCUT2D eigenvalue weighted by atomic mass is 35.5. The van der Waals surface area contributed by atoms with Gasteiger partial charge in [0.2, 0.25) is 11.8 Å². The first-order valence-corrected chi connectivity index (χ1v) is 16.0. The van der Waals surface area contributed by atoms with E-state index in [-0.39, 0.29) is 34.5 Å². The molecular formula is C34H36ClN3O5S. The second-order valence-electron chi connectivity index (χ2n) is 10.3. The Morgan fingerprint density at radius 3 is 2.07 bits per heavy atom. The molecular weight excluding hydrogens is 598 g/mol. The molecule has 0 aliphatic rings. The van der Waals surface area contributed by atoms with Crippen molar-refractivity contribution in [2.45, 2.75) is 37.8 Å². The third-order valence-electron chi connectivity index (χ3n) is 7.13. The summed E-state index contributed by atoms with van der Waals surface area (Å²) in [6.45, 7) is 3.56. The van der Waals surface area contributed by atoms with E-state index >= 15 is 0 Å². The molecule has 0 saturated carbocycles. The van der Waals surface area contributed by atoms with Gasteiger partial charge >= 0.3 is 0 Å². The number of carbonyl (C=O) groups is 2. The molecule has 4 rings (SSSR count). The molecule has 230 valence electrons. The van der Waals surface area contributed by atoms with E-state index in [1.165, 1.54) is 36.3 Å². The summed E-state index contributed by atoms with van der Waals surface area (Å²) in [4.78, 5) is 29.4. The van der Waals surface area contributed by atoms with Crippen LogP contribution in [0.5, 0.6) is 5.75 Å². The average molecular weight is 634 g/mol. The van der Waals surface area contributed by atoms with Gasteiger partial charge in [-0.2, -0.15) is 0 Å². The number of nitrogens with one attached hydrogen (secondary N) is 1. The standard InChI is InChI=1S/C34H36ClN3O5S/c1-4-36-34(40)31(21-26-11-7-5-8-12-26)37(23-27-13-9-6-10-14-27)33(39)24-38(28-17-20-32(43-3)30(35)22-28)44(41,42)29-18-15-25(2)16-19-29/h5-20,22,31H,4,21,23-24H2,1-3H3,(H,36,40)/t31-/m0/s1. The van der Waals surface area contributed by atoms with E-state index < -0.39 is 28.5 Å². The van der Waals surface area contributed by atoms with E-state index in [9.17, 15) is 18.0 Å². The fourth-order valence-corrected chi connectivity index (χ4v) is 6.46. The number of hydrogen-bond acceptors (Lipinski definition) is 5. The summed E-state index contributed by atoms with van der Waals surface area (Å²) in [6, 6.07) is 28.7. The number of rotatable bonds is 13. The molecule has 4 aromatic rings. The number of anilines is 1. The number of likely N-dealkylation sites (N-methyl/N-ethyl adjacent to an activating group) is 1. The van der Waals surface area contributed by atoms with E-state index in [4.69, 9.17) is 16.3 Å². The number of halogens is 1. The van der Waals surface area contributed by atoms with Crippen LogP contribution < -0.4 is 14.4 Å². The molecule has 8 nitrogen and oxygen atoms in total. The van der Waals surface area contributed by atoms with Crippen LogP contribution in [0.1, 0.15) is 23.6 Å². The number of amides is 2. The maximum atomic E-state index is 14.4. The number of sulfonamides is 1. The fraction of sp³-hybridized carbons (Fsp3) is 0.235. The van der Waals surface area contributed by atoms with Gasteiger partial charge in [0.1, 0.15) is 18.3 Å². The average Bonchev–Trinajstić information content (AvgIpc) is 3.02. The summed E-state index contributed by atoms with van der Waals surface area (Å²) in [5, 5.41) is 3.04. The minimum absolute atomic E-state index is 0.0158. The third kappa shape index (κ3) is 7.98. The van der Waals surface area contributed by atoms with Gasteiger partial charge in [-0.1, -0.05) is 90.0 Å². The Hall–Kier alpha value is -4.34. The number of hydrogen-bond donors (Lipinski definition) is 1. The zero-order valence-electron chi connectivity index (χ0n) is 24.9. The first kappa shape index (κ1) is 32.6. The summed E-state index contributed by atoms with van der Waals surface area (Å²) in [7, 11) is -2.78. The quantitative estimate of drug-likeness (QED) is 0.206. The Bertz CT molecular complexity index is 1670. The zero-order valence-corrected chi connectivity index (χ0v) is 26.5. The Morgan fingerprint density at radius 1 is 0.886 bits per heavy atom. The van der Waals surface area contributed by atoms with Crippen molar-refractivity contribution in [3.05, 3.63) is 125 Å². The van der Waals surface area contributed by atoms with E-state index in [1.54, 1.807) is 18.2 Å². The van der Waals surface area contributed by atoms with Crippen molar-refractivity contribution in [2.24, 2.45) is 0 Å². The van der Waals surface area contributed by atoms with Gasteiger partial charge in [0, 0.05) is 19.5 Å². The highest BCUT2D eigenvalue weighted by Gasteiger charge is 2.34. The summed E-state index contributed by atoms with van der Waals surface area (Å²) in [5.74, 6) is -0.524. The maximum Gasteiger partial charge on any atom is 0.264 e. The van der Waals surface area contributed by atoms with Gasteiger partial charge in [-0.3, -0.25) is 13.9 Å². The second kappa shape index (κ2) is 14.9. The number of carbonyl (C=O) groups excluding carboxylic acids is 2. The smallest absolute Gasteiger partial charge is 0.264 e. The van der Waals surface area contributed by atoms with Crippen LogP contribution in [0.4, 0.5) is 5.69 Å². The monoisotopic (exact) mass is 633 g/mol. The Kier molecular flexibility index (Phi) is 11.0. The van der Waals surface area contributed by atoms with Crippen LogP contribution in [0.2, 0.25) is 5.02 Å². The van der Waals surface area contributed by atoms with Crippen LogP contribution in [0.25, 0.3) is 0 Å². The lowest BCUT2D eigenvalue weighted by atomic mass is 10.0. The van der Waals surface area contributed by atoms with Gasteiger partial charge in [-0.05, 0) is 55.3 Å². The molecule has 0 bridgehead atoms. The molecule has 0 radical (unpaired) electrons. The number of methoxy groups -OCH3 is 1. The summed E-state index contributed by atoms with van der Waals surface area (Å²) >= 11 is 6.42. The van der Waals surface area contributed by atoms with E-state index in [1.807, 2.05) is 74.5 Å². The molecule has 44 heavy (non-hydrogen) atoms. The molecule has 0 saturated heterocycles. The van der Waals surface area contributed by atoms with Crippen molar-refractivity contribution in [1.82, 2.24) is 10.2 Å². The number of ether oxygens (including phenoxy) is 1. The molecule has 4 aromatic carbocycles. The molecule has 0 aliphatic carbocycles. The number of benzene rings is 4. The van der Waals surface area contributed by atoms with Gasteiger partial charge in [-0.15, -0.1) is 0 Å². The highest BCUT2D eigenvalue weighted by molar-refractivity contribution is 7.92. The molecule has 0 aliphatic heterocycles. The van der Waals surface area contributed by atoms with Crippen LogP contribution >= 0.6 is 11.6 Å². The van der Waals surface area contributed by atoms with Gasteiger partial charge in [0.15, 0.2) is 0 Å². The molecule has 0 aromatic heterocycles. The summed E-state index contributed by atoms with van der Waals surface area (Å²) in [6.07, 6.45) is 0.240. The number of nitrogens with zero attached hydrogens (tertiary/aromatic N) is 2. The lowest BCUT2D eigenvalue weighted by Crippen LogP contribution is -2.53. The van der Waals surface area contributed by atoms with Crippen molar-refractivity contribution < 1.29 is 22.7 Å². The van der Waals surface area contributed by atoms with Gasteiger partial charge in [0.25, 0.3) is 10.0 Å². The van der Waals surface area contributed by atoms with Crippen LogP contribution in [-0.2, 0) is 32.6 Å². The third-order valence-corrected chi connectivity index (χ3v) is 9.21. The molecule has 0 spiro atoms. The van der Waals surface area contributed by atoms with Gasteiger partial charge < -0.3 is 15.0 Å². The maximum absolute atomic E-state index is 14.4. The van der Waals surface area contributed by atoms with Crippen molar-refractivity contribution in [1.29, 1.82) is 0 Å². The zero-order chi connectivity index (χ0) is 31.7. The molecule has 0 unspecified atom stereocenters. The molecule has 0 heterocycles. The van der Waals surface area contributed by atoms with Crippen LogP contribution in [0.3, 0.4) is 0 Å². The van der Waals surface area contributed by atoms with Crippen LogP contribution in [0, 0.1) is 6.92 Å². The molecule has 2 amide bonds. The Labute approximate surface area is 264 Å². The lowest BCUT2D eigenvalue weighted by Gasteiger charge is -2.34. The fourth-order valence-electron chi connectivity index (χ4n) is 4.80. The minimum atomic E-state index is -4.24. The molecule has 1 N–H and O–H groups in total. The largest absolute Gasteiger partial charge is 0.495 e. The minimum Gasteiger partial charge on any atom is -0.495 e. The van der Waals surface area contributed by atoms with E-state index in [2.05, 4.69) is 5.32 Å². The molecule has 0 fully saturated rings. The second-order valence-corrected chi connectivity index (χ2v) is 12.5. The van der Waals surface area contributed by atoms with E-state index in [0.29, 0.717) is 12.3 Å². The number of aryl methyl sites for hydroxylation is 1. The predicted molar refractivity (Wildman–Crippen MR) is 173 cm³/mol. The van der Waals surface area contributed by atoms with Crippen molar-refractivity contribution in [2.75, 3.05) is 24.5 Å². The summed E-state index contributed by atoms with van der Waals surface area (Å²) < 4.78 is 34.5. The van der Waals surface area contributed by atoms with Gasteiger partial charge in [-0.25, -0.2) is 8.42 Å². The summed E-state index contributed by atoms with van der Waals surface area (Å²) in [5.41, 5.74) is 2.73. The Balaban J connectivity index is 1.80. The SMILES string of the molecule is CCNC(=O)[C@H](Cc1ccccc1)N(Cc1ccccc1)C(=O)CN(c1ccc(OC)c(Cl)c1)S(=O)(=O)c1ccc(C)cc1. The first-order valence-electron chi connectivity index (χ1n) is 14.2. The van der Waals surface area contributed by atoms with Crippen LogP contribution in [-0.4, -0.2) is 51.4 Å². The van der Waals surface area contributed by atoms with E-state index in [0.717, 1.165) is 21.0 Å². The van der Waals surface area contributed by atoms with Crippen molar-refractivity contribution in [3.8, 4) is 5.75 Å². The molecule has 10 heteroatoms. The highest BCUT2D eigenvalue weighted by Crippen LogP contribution is 2.32. The van der Waals surface area contributed by atoms with Crippen LogP contribution in [0.15, 0.2) is 108 Å². The first-order chi connectivity index (χ1) is 21.1. The van der Waals surface area contributed by atoms with Gasteiger partial charge in [0.05, 0.1) is 22.7 Å². The topological polar surface area (TPSA) is 96.0 Å². The normalized spacial score (nSPS) is 11.8. The Morgan fingerprint density at radius 2 is 1.50 bits per heavy atom. The van der Waals surface area contributed by atoms with Crippen molar-refractivity contribution >= 4 is 39.1 Å².